The second-order valence-electron chi connectivity index (χ2n) is 7.65. The van der Waals surface area contributed by atoms with Crippen LogP contribution in [0.2, 0.25) is 0 Å². The zero-order valence-electron chi connectivity index (χ0n) is 17.0. The van der Waals surface area contributed by atoms with Crippen LogP contribution in [0.5, 0.6) is 5.75 Å². The monoisotopic (exact) mass is 382 g/mol. The molecule has 5 heteroatoms. The summed E-state index contributed by atoms with van der Waals surface area (Å²) in [5.41, 5.74) is 4.13. The summed E-state index contributed by atoms with van der Waals surface area (Å²) in [6, 6.07) is 13.6. The highest BCUT2D eigenvalue weighted by Gasteiger charge is 2.23. The first-order valence-corrected chi connectivity index (χ1v) is 9.89. The molecule has 0 radical (unpaired) electrons. The smallest absolute Gasteiger partial charge is 0.253 e. The molecule has 0 unspecified atom stereocenters. The van der Waals surface area contributed by atoms with E-state index in [0.29, 0.717) is 19.6 Å². The third kappa shape index (κ3) is 5.12. The molecular formula is C23H30N2O3. The van der Waals surface area contributed by atoms with Crippen molar-refractivity contribution in [1.29, 1.82) is 0 Å². The molecule has 2 aromatic carbocycles. The summed E-state index contributed by atoms with van der Waals surface area (Å²) < 4.78 is 5.90. The number of amides is 1. The molecule has 1 fully saturated rings. The van der Waals surface area contributed by atoms with E-state index >= 15 is 0 Å². The second kappa shape index (κ2) is 9.22. The van der Waals surface area contributed by atoms with Crippen LogP contribution >= 0.6 is 0 Å². The molecule has 0 saturated carbocycles. The first-order chi connectivity index (χ1) is 13.4. The zero-order valence-corrected chi connectivity index (χ0v) is 17.0. The number of aliphatic hydroxyl groups is 1. The Kier molecular flexibility index (Phi) is 6.70. The number of hydrogen-bond donors (Lipinski definition) is 1. The van der Waals surface area contributed by atoms with Crippen molar-refractivity contribution in [3.05, 3.63) is 64.7 Å². The summed E-state index contributed by atoms with van der Waals surface area (Å²) >= 11 is 0. The topological polar surface area (TPSA) is 53.0 Å². The molecule has 28 heavy (non-hydrogen) atoms. The summed E-state index contributed by atoms with van der Waals surface area (Å²) in [6.45, 7) is 9.84. The van der Waals surface area contributed by atoms with E-state index in [1.165, 1.54) is 5.56 Å². The summed E-state index contributed by atoms with van der Waals surface area (Å²) in [7, 11) is 0. The normalized spacial score (nSPS) is 16.1. The van der Waals surface area contributed by atoms with Gasteiger partial charge < -0.3 is 14.7 Å². The van der Waals surface area contributed by atoms with E-state index in [4.69, 9.17) is 4.74 Å². The Hall–Kier alpha value is -2.37. The van der Waals surface area contributed by atoms with Gasteiger partial charge in [-0.05, 0) is 44.0 Å². The molecule has 1 atom stereocenters. The number of benzene rings is 2. The highest BCUT2D eigenvalue weighted by molar-refractivity contribution is 5.94. The Labute approximate surface area is 167 Å². The van der Waals surface area contributed by atoms with Crippen LogP contribution in [0.1, 0.15) is 27.0 Å². The average molecular weight is 383 g/mol. The molecular weight excluding hydrogens is 352 g/mol. The molecule has 0 aliphatic carbocycles. The number of carbonyl (C=O) groups is 1. The van der Waals surface area contributed by atoms with E-state index in [1.54, 1.807) is 0 Å². The van der Waals surface area contributed by atoms with Crippen LogP contribution in [0.15, 0.2) is 42.5 Å². The lowest BCUT2D eigenvalue weighted by Crippen LogP contribution is -2.51. The number of rotatable bonds is 6. The minimum Gasteiger partial charge on any atom is -0.490 e. The molecule has 1 saturated heterocycles. The van der Waals surface area contributed by atoms with Crippen molar-refractivity contribution in [3.63, 3.8) is 0 Å². The maximum atomic E-state index is 12.5. The molecule has 0 bridgehead atoms. The molecule has 1 amide bonds. The van der Waals surface area contributed by atoms with Crippen LogP contribution in [0, 0.1) is 20.8 Å². The largest absolute Gasteiger partial charge is 0.490 e. The SMILES string of the molecule is Cc1cc(C)c(OC[C@H](O)CN2CCN(C(=O)c3ccccc3)CC2)c(C)c1. The fraction of sp³-hybridized carbons (Fsp3) is 0.435. The van der Waals surface area contributed by atoms with Gasteiger partial charge in [0.25, 0.3) is 5.91 Å². The van der Waals surface area contributed by atoms with Gasteiger partial charge in [-0.1, -0.05) is 35.9 Å². The van der Waals surface area contributed by atoms with Gasteiger partial charge in [0.15, 0.2) is 0 Å². The van der Waals surface area contributed by atoms with E-state index in [1.807, 2.05) is 49.1 Å². The first kappa shape index (κ1) is 20.4. The Morgan fingerprint density at radius 2 is 1.64 bits per heavy atom. The molecule has 1 heterocycles. The summed E-state index contributed by atoms with van der Waals surface area (Å²) in [4.78, 5) is 16.6. The lowest BCUT2D eigenvalue weighted by molar-refractivity contribution is 0.0402. The number of piperazine rings is 1. The Balaban J connectivity index is 1.45. The Morgan fingerprint density at radius 3 is 2.25 bits per heavy atom. The van der Waals surface area contributed by atoms with Crippen molar-refractivity contribution >= 4 is 5.91 Å². The highest BCUT2D eigenvalue weighted by atomic mass is 16.5. The van der Waals surface area contributed by atoms with Crippen molar-refractivity contribution < 1.29 is 14.6 Å². The Morgan fingerprint density at radius 1 is 1.04 bits per heavy atom. The fourth-order valence-electron chi connectivity index (χ4n) is 3.82. The number of aliphatic hydroxyl groups excluding tert-OH is 1. The van der Waals surface area contributed by atoms with E-state index in [-0.39, 0.29) is 12.5 Å². The van der Waals surface area contributed by atoms with E-state index < -0.39 is 6.10 Å². The number of aryl methyl sites for hydroxylation is 3. The lowest BCUT2D eigenvalue weighted by atomic mass is 10.1. The average Bonchev–Trinajstić information content (AvgIpc) is 2.68. The quantitative estimate of drug-likeness (QED) is 0.835. The third-order valence-electron chi connectivity index (χ3n) is 5.17. The maximum absolute atomic E-state index is 12.5. The van der Waals surface area contributed by atoms with Crippen LogP contribution < -0.4 is 4.74 Å². The standard InChI is InChI=1S/C23H30N2O3/c1-17-13-18(2)22(19(3)14-17)28-16-21(26)15-24-9-11-25(12-10-24)23(27)20-7-5-4-6-8-20/h4-8,13-14,21,26H,9-12,15-16H2,1-3H3/t21-/m1/s1. The van der Waals surface area contributed by atoms with Gasteiger partial charge in [0.2, 0.25) is 0 Å². The number of β-amino-alcohol motifs (C(OH)–C–C–N with tert-alkyl or cyclic N) is 1. The van der Waals surface area contributed by atoms with Gasteiger partial charge in [0.1, 0.15) is 18.5 Å². The van der Waals surface area contributed by atoms with Crippen molar-refractivity contribution in [3.8, 4) is 5.75 Å². The fourth-order valence-corrected chi connectivity index (χ4v) is 3.82. The van der Waals surface area contributed by atoms with Crippen LogP contribution in [0.3, 0.4) is 0 Å². The molecule has 150 valence electrons. The number of hydrogen-bond acceptors (Lipinski definition) is 4. The third-order valence-corrected chi connectivity index (χ3v) is 5.17. The van der Waals surface area contributed by atoms with E-state index in [0.717, 1.165) is 35.5 Å². The Bertz CT molecular complexity index is 776. The van der Waals surface area contributed by atoms with Gasteiger partial charge in [-0.15, -0.1) is 0 Å². The van der Waals surface area contributed by atoms with Gasteiger partial charge in [-0.25, -0.2) is 0 Å². The zero-order chi connectivity index (χ0) is 20.1. The summed E-state index contributed by atoms with van der Waals surface area (Å²) in [5, 5.41) is 10.4. The molecule has 2 aromatic rings. The van der Waals surface area contributed by atoms with Gasteiger partial charge >= 0.3 is 0 Å². The first-order valence-electron chi connectivity index (χ1n) is 9.89. The van der Waals surface area contributed by atoms with Gasteiger partial charge in [-0.2, -0.15) is 0 Å². The predicted octanol–water partition coefficient (Wildman–Crippen LogP) is 2.81. The second-order valence-corrected chi connectivity index (χ2v) is 7.65. The van der Waals surface area contributed by atoms with Crippen molar-refractivity contribution in [2.75, 3.05) is 39.3 Å². The van der Waals surface area contributed by atoms with Gasteiger partial charge in [0.05, 0.1) is 0 Å². The number of nitrogens with zero attached hydrogens (tertiary/aromatic N) is 2. The minimum absolute atomic E-state index is 0.0782. The van der Waals surface area contributed by atoms with Crippen LogP contribution in [0.4, 0.5) is 0 Å². The number of carbonyl (C=O) groups excluding carboxylic acids is 1. The van der Waals surface area contributed by atoms with Crippen LogP contribution in [-0.2, 0) is 0 Å². The highest BCUT2D eigenvalue weighted by Crippen LogP contribution is 2.24. The number of ether oxygens (including phenoxy) is 1. The molecule has 3 rings (SSSR count). The maximum Gasteiger partial charge on any atom is 0.253 e. The predicted molar refractivity (Wildman–Crippen MR) is 111 cm³/mol. The lowest BCUT2D eigenvalue weighted by Gasteiger charge is -2.35. The van der Waals surface area contributed by atoms with E-state index in [2.05, 4.69) is 24.0 Å². The van der Waals surface area contributed by atoms with Gasteiger partial charge in [0, 0.05) is 38.3 Å². The summed E-state index contributed by atoms with van der Waals surface area (Å²) in [6.07, 6.45) is -0.559. The molecule has 1 aliphatic heterocycles. The molecule has 0 aromatic heterocycles. The van der Waals surface area contributed by atoms with Gasteiger partial charge in [-0.3, -0.25) is 9.69 Å². The molecule has 5 nitrogen and oxygen atoms in total. The van der Waals surface area contributed by atoms with Crippen LogP contribution in [-0.4, -0.2) is 66.2 Å². The van der Waals surface area contributed by atoms with Crippen molar-refractivity contribution in [1.82, 2.24) is 9.80 Å². The molecule has 1 N–H and O–H groups in total. The minimum atomic E-state index is -0.559. The van der Waals surface area contributed by atoms with Crippen molar-refractivity contribution in [2.24, 2.45) is 0 Å². The summed E-state index contributed by atoms with van der Waals surface area (Å²) in [5.74, 6) is 0.942. The van der Waals surface area contributed by atoms with Crippen molar-refractivity contribution in [2.45, 2.75) is 26.9 Å². The molecule has 0 spiro atoms. The van der Waals surface area contributed by atoms with E-state index in [9.17, 15) is 9.90 Å². The molecule has 1 aliphatic rings. The van der Waals surface area contributed by atoms with Crippen LogP contribution in [0.25, 0.3) is 0 Å².